The minimum absolute atomic E-state index is 0.109. The van der Waals surface area contributed by atoms with Gasteiger partial charge in [0.05, 0.1) is 5.69 Å². The lowest BCUT2D eigenvalue weighted by Gasteiger charge is -2.19. The molecule has 0 spiro atoms. The summed E-state index contributed by atoms with van der Waals surface area (Å²) >= 11 is 3.34. The highest BCUT2D eigenvalue weighted by molar-refractivity contribution is 9.09. The van der Waals surface area contributed by atoms with Gasteiger partial charge in [-0.15, -0.1) is 0 Å². The number of alkyl halides is 1. The van der Waals surface area contributed by atoms with E-state index in [2.05, 4.69) is 25.9 Å². The molecule has 0 N–H and O–H groups in total. The van der Waals surface area contributed by atoms with Crippen molar-refractivity contribution in [3.8, 4) is 0 Å². The molecule has 3 nitrogen and oxygen atoms in total. The average molecular weight is 257 g/mol. The van der Waals surface area contributed by atoms with Crippen molar-refractivity contribution in [1.29, 1.82) is 0 Å². The van der Waals surface area contributed by atoms with Crippen molar-refractivity contribution in [2.45, 2.75) is 25.6 Å². The third-order valence-corrected chi connectivity index (χ3v) is 2.70. The molecule has 1 heterocycles. The molecule has 0 saturated carbocycles. The lowest BCUT2D eigenvalue weighted by molar-refractivity contribution is -0.125. The standard InChI is InChI=1S/C10H13BrN2O/c1-10(2,3)9(14)8(11)7-6-12-4-5-13-7/h4-6,8H,1-3H3. The van der Waals surface area contributed by atoms with Gasteiger partial charge >= 0.3 is 0 Å². The van der Waals surface area contributed by atoms with Crippen LogP contribution in [0.3, 0.4) is 0 Å². The van der Waals surface area contributed by atoms with E-state index in [1.807, 2.05) is 20.8 Å². The van der Waals surface area contributed by atoms with Gasteiger partial charge in [0.1, 0.15) is 4.83 Å². The second kappa shape index (κ2) is 4.17. The molecule has 4 heteroatoms. The number of carbonyl (C=O) groups is 1. The molecular weight excluding hydrogens is 244 g/mol. The molecule has 0 fully saturated rings. The zero-order valence-electron chi connectivity index (χ0n) is 8.49. The van der Waals surface area contributed by atoms with Gasteiger partial charge in [-0.3, -0.25) is 14.8 Å². The van der Waals surface area contributed by atoms with Crippen molar-refractivity contribution in [3.63, 3.8) is 0 Å². The van der Waals surface area contributed by atoms with Gasteiger partial charge in [-0.2, -0.15) is 0 Å². The molecule has 0 radical (unpaired) electrons. The van der Waals surface area contributed by atoms with Crippen molar-refractivity contribution < 1.29 is 4.79 Å². The normalized spacial score (nSPS) is 13.7. The predicted molar refractivity (Wildman–Crippen MR) is 58.2 cm³/mol. The lowest BCUT2D eigenvalue weighted by atomic mass is 9.88. The van der Waals surface area contributed by atoms with Crippen LogP contribution in [0.25, 0.3) is 0 Å². The number of hydrogen-bond donors (Lipinski definition) is 0. The molecule has 0 aromatic carbocycles. The van der Waals surface area contributed by atoms with E-state index < -0.39 is 0 Å². The van der Waals surface area contributed by atoms with E-state index in [9.17, 15) is 4.79 Å². The number of hydrogen-bond acceptors (Lipinski definition) is 3. The Hall–Kier alpha value is -0.770. The van der Waals surface area contributed by atoms with Crippen LogP contribution in [0.2, 0.25) is 0 Å². The van der Waals surface area contributed by atoms with E-state index in [-0.39, 0.29) is 16.0 Å². The van der Waals surface area contributed by atoms with E-state index in [1.165, 1.54) is 0 Å². The van der Waals surface area contributed by atoms with Crippen molar-refractivity contribution in [2.24, 2.45) is 5.41 Å². The van der Waals surface area contributed by atoms with E-state index in [0.29, 0.717) is 5.69 Å². The lowest BCUT2D eigenvalue weighted by Crippen LogP contribution is -2.24. The topological polar surface area (TPSA) is 42.9 Å². The quantitative estimate of drug-likeness (QED) is 0.764. The Bertz CT molecular complexity index is 319. The van der Waals surface area contributed by atoms with Crippen LogP contribution >= 0.6 is 15.9 Å². The summed E-state index contributed by atoms with van der Waals surface area (Å²) in [6, 6.07) is 0. The van der Waals surface area contributed by atoms with Crippen LogP contribution in [0.1, 0.15) is 31.3 Å². The fourth-order valence-corrected chi connectivity index (χ4v) is 1.88. The summed E-state index contributed by atoms with van der Waals surface area (Å²) in [4.78, 5) is 19.5. The number of ketones is 1. The van der Waals surface area contributed by atoms with Gasteiger partial charge in [-0.05, 0) is 0 Å². The largest absolute Gasteiger partial charge is 0.297 e. The number of aromatic nitrogens is 2. The summed E-state index contributed by atoms with van der Waals surface area (Å²) in [5, 5.41) is 0. The second-order valence-electron chi connectivity index (χ2n) is 4.11. The van der Waals surface area contributed by atoms with Crippen LogP contribution in [0.4, 0.5) is 0 Å². The first-order valence-corrected chi connectivity index (χ1v) is 5.29. The summed E-state index contributed by atoms with van der Waals surface area (Å²) < 4.78 is 0. The Morgan fingerprint density at radius 3 is 2.50 bits per heavy atom. The molecule has 0 aliphatic rings. The average Bonchev–Trinajstić information content (AvgIpc) is 2.15. The van der Waals surface area contributed by atoms with Crippen LogP contribution in [-0.4, -0.2) is 15.8 Å². The smallest absolute Gasteiger partial charge is 0.157 e. The molecule has 0 aliphatic heterocycles. The third-order valence-electron chi connectivity index (χ3n) is 1.81. The monoisotopic (exact) mass is 256 g/mol. The Kier molecular flexibility index (Phi) is 3.37. The van der Waals surface area contributed by atoms with Gasteiger partial charge in [0, 0.05) is 24.0 Å². The maximum Gasteiger partial charge on any atom is 0.157 e. The molecule has 1 rings (SSSR count). The number of carbonyl (C=O) groups excluding carboxylic acids is 1. The van der Waals surface area contributed by atoms with Crippen molar-refractivity contribution in [1.82, 2.24) is 9.97 Å². The Morgan fingerprint density at radius 1 is 1.43 bits per heavy atom. The van der Waals surface area contributed by atoms with Crippen LogP contribution in [0, 0.1) is 5.41 Å². The molecule has 1 atom stereocenters. The second-order valence-corrected chi connectivity index (χ2v) is 5.02. The highest BCUT2D eigenvalue weighted by atomic mass is 79.9. The SMILES string of the molecule is CC(C)(C)C(=O)C(Br)c1cnccn1. The Balaban J connectivity index is 2.87. The zero-order chi connectivity index (χ0) is 10.8. The minimum Gasteiger partial charge on any atom is -0.297 e. The number of nitrogens with zero attached hydrogens (tertiary/aromatic N) is 2. The van der Waals surface area contributed by atoms with Gasteiger partial charge in [0.2, 0.25) is 0 Å². The highest BCUT2D eigenvalue weighted by Crippen LogP contribution is 2.30. The minimum atomic E-state index is -0.369. The molecule has 1 unspecified atom stereocenters. The van der Waals surface area contributed by atoms with Gasteiger partial charge in [-0.1, -0.05) is 36.7 Å². The van der Waals surface area contributed by atoms with E-state index in [4.69, 9.17) is 0 Å². The highest BCUT2D eigenvalue weighted by Gasteiger charge is 2.29. The first kappa shape index (κ1) is 11.3. The number of Topliss-reactive ketones (excluding diaryl/α,β-unsaturated/α-hetero) is 1. The number of rotatable bonds is 2. The van der Waals surface area contributed by atoms with E-state index in [1.54, 1.807) is 18.6 Å². The Morgan fingerprint density at radius 2 is 2.07 bits per heavy atom. The summed E-state index contributed by atoms with van der Waals surface area (Å²) in [5.41, 5.74) is 0.290. The summed E-state index contributed by atoms with van der Waals surface area (Å²) in [7, 11) is 0. The third kappa shape index (κ3) is 2.61. The maximum absolute atomic E-state index is 11.9. The van der Waals surface area contributed by atoms with Crippen LogP contribution < -0.4 is 0 Å². The van der Waals surface area contributed by atoms with Gasteiger partial charge in [0.25, 0.3) is 0 Å². The zero-order valence-corrected chi connectivity index (χ0v) is 10.1. The van der Waals surface area contributed by atoms with Crippen LogP contribution in [-0.2, 0) is 4.79 Å². The predicted octanol–water partition coefficient (Wildman–Crippen LogP) is 2.53. The van der Waals surface area contributed by atoms with E-state index in [0.717, 1.165) is 0 Å². The molecule has 1 aromatic heterocycles. The summed E-state index contributed by atoms with van der Waals surface area (Å²) in [5.74, 6) is 0.109. The first-order valence-electron chi connectivity index (χ1n) is 4.37. The van der Waals surface area contributed by atoms with Crippen LogP contribution in [0.5, 0.6) is 0 Å². The summed E-state index contributed by atoms with van der Waals surface area (Å²) in [6.45, 7) is 5.67. The molecule has 0 saturated heterocycles. The Labute approximate surface area is 92.1 Å². The van der Waals surface area contributed by atoms with Gasteiger partial charge in [-0.25, -0.2) is 0 Å². The van der Waals surface area contributed by atoms with E-state index >= 15 is 0 Å². The fourth-order valence-electron chi connectivity index (χ4n) is 0.956. The van der Waals surface area contributed by atoms with Crippen molar-refractivity contribution >= 4 is 21.7 Å². The maximum atomic E-state index is 11.9. The molecule has 14 heavy (non-hydrogen) atoms. The molecule has 0 aliphatic carbocycles. The number of halogens is 1. The molecule has 0 amide bonds. The summed E-state index contributed by atoms with van der Waals surface area (Å²) in [6.07, 6.45) is 4.77. The molecular formula is C10H13BrN2O. The van der Waals surface area contributed by atoms with Gasteiger partial charge < -0.3 is 0 Å². The van der Waals surface area contributed by atoms with Crippen molar-refractivity contribution in [3.05, 3.63) is 24.3 Å². The molecule has 1 aromatic rings. The molecule has 76 valence electrons. The fraction of sp³-hybridized carbons (Fsp3) is 0.500. The van der Waals surface area contributed by atoms with Crippen LogP contribution in [0.15, 0.2) is 18.6 Å². The molecule has 0 bridgehead atoms. The first-order chi connectivity index (χ1) is 6.43. The van der Waals surface area contributed by atoms with Crippen molar-refractivity contribution in [2.75, 3.05) is 0 Å². The van der Waals surface area contributed by atoms with Gasteiger partial charge in [0.15, 0.2) is 5.78 Å².